The van der Waals surface area contributed by atoms with E-state index in [4.69, 9.17) is 9.47 Å². The maximum atomic E-state index is 9.94. The molecular formula is C16H18O5. The Labute approximate surface area is 122 Å². The van der Waals surface area contributed by atoms with Gasteiger partial charge in [0, 0.05) is 0 Å². The molecule has 0 aromatic heterocycles. The van der Waals surface area contributed by atoms with Crippen LogP contribution in [0.25, 0.3) is 10.8 Å². The van der Waals surface area contributed by atoms with Crippen molar-refractivity contribution in [1.29, 1.82) is 0 Å². The highest BCUT2D eigenvalue weighted by Gasteiger charge is 2.43. The van der Waals surface area contributed by atoms with Crippen LogP contribution in [0.4, 0.5) is 0 Å². The van der Waals surface area contributed by atoms with Gasteiger partial charge < -0.3 is 24.8 Å². The van der Waals surface area contributed by atoms with Crippen molar-refractivity contribution >= 4 is 10.8 Å². The zero-order valence-corrected chi connectivity index (χ0v) is 11.6. The van der Waals surface area contributed by atoms with Gasteiger partial charge in [-0.2, -0.15) is 0 Å². The van der Waals surface area contributed by atoms with Crippen molar-refractivity contribution < 1.29 is 24.8 Å². The third kappa shape index (κ3) is 2.73. The molecule has 1 fully saturated rings. The molecule has 0 unspecified atom stereocenters. The maximum absolute atomic E-state index is 9.94. The monoisotopic (exact) mass is 290 g/mol. The first-order valence-electron chi connectivity index (χ1n) is 6.91. The average molecular weight is 290 g/mol. The molecule has 3 rings (SSSR count). The van der Waals surface area contributed by atoms with Crippen LogP contribution in [0, 0.1) is 0 Å². The molecule has 1 aliphatic rings. The summed E-state index contributed by atoms with van der Waals surface area (Å²) in [5.74, 6) is 0.536. The number of hydrogen-bond acceptors (Lipinski definition) is 5. The molecule has 0 radical (unpaired) electrons. The first-order valence-corrected chi connectivity index (χ1v) is 6.91. The van der Waals surface area contributed by atoms with E-state index in [2.05, 4.69) is 0 Å². The third-order valence-corrected chi connectivity index (χ3v) is 3.78. The normalized spacial score (nSPS) is 33.0. The van der Waals surface area contributed by atoms with Gasteiger partial charge in [0.15, 0.2) is 0 Å². The number of rotatable bonds is 2. The largest absolute Gasteiger partial charge is 0.462 e. The lowest BCUT2D eigenvalue weighted by molar-refractivity contribution is -0.268. The highest BCUT2D eigenvalue weighted by Crippen LogP contribution is 2.26. The summed E-state index contributed by atoms with van der Waals surface area (Å²) in [5.41, 5.74) is 0. The van der Waals surface area contributed by atoms with E-state index in [-0.39, 0.29) is 0 Å². The Morgan fingerprint density at radius 2 is 1.62 bits per heavy atom. The van der Waals surface area contributed by atoms with Crippen molar-refractivity contribution in [3.8, 4) is 5.75 Å². The number of ether oxygens (including phenoxy) is 2. The van der Waals surface area contributed by atoms with Crippen LogP contribution in [0.2, 0.25) is 0 Å². The standard InChI is InChI=1S/C16H18O5/c1-9-13(17)14(18)15(19)16(20-9)21-12-7-6-10-4-2-3-5-11(10)8-12/h2-9,13-19H,1H3/t9-,13-,14+,15+,16-/m0/s1. The molecule has 112 valence electrons. The van der Waals surface area contributed by atoms with Crippen LogP contribution in [0.15, 0.2) is 42.5 Å². The number of benzene rings is 2. The summed E-state index contributed by atoms with van der Waals surface area (Å²) in [4.78, 5) is 0. The SMILES string of the molecule is C[C@@H]1O[C@@H](Oc2ccc3ccccc3c2)[C@H](O)[C@H](O)[C@H]1O. The van der Waals surface area contributed by atoms with Gasteiger partial charge in [-0.1, -0.05) is 30.3 Å². The number of aliphatic hydroxyl groups is 3. The minimum Gasteiger partial charge on any atom is -0.462 e. The van der Waals surface area contributed by atoms with E-state index in [1.807, 2.05) is 36.4 Å². The second-order valence-corrected chi connectivity index (χ2v) is 5.31. The third-order valence-electron chi connectivity index (χ3n) is 3.78. The summed E-state index contributed by atoms with van der Waals surface area (Å²) in [6.45, 7) is 1.62. The molecule has 5 nitrogen and oxygen atoms in total. The molecule has 5 heteroatoms. The van der Waals surface area contributed by atoms with E-state index in [0.29, 0.717) is 5.75 Å². The second kappa shape index (κ2) is 5.61. The minimum absolute atomic E-state index is 0.536. The zero-order chi connectivity index (χ0) is 15.0. The van der Waals surface area contributed by atoms with Gasteiger partial charge in [0.25, 0.3) is 0 Å². The van der Waals surface area contributed by atoms with E-state index >= 15 is 0 Å². The molecule has 1 saturated heterocycles. The summed E-state index contributed by atoms with van der Waals surface area (Å²) in [6.07, 6.45) is -5.35. The molecule has 2 aromatic rings. The quantitative estimate of drug-likeness (QED) is 0.770. The molecule has 0 amide bonds. The number of aliphatic hydroxyl groups excluding tert-OH is 3. The molecule has 2 aromatic carbocycles. The summed E-state index contributed by atoms with van der Waals surface area (Å²) in [6, 6.07) is 13.4. The predicted molar refractivity (Wildman–Crippen MR) is 76.9 cm³/mol. The molecule has 0 bridgehead atoms. The van der Waals surface area contributed by atoms with E-state index in [9.17, 15) is 15.3 Å². The van der Waals surface area contributed by atoms with E-state index in [1.54, 1.807) is 13.0 Å². The van der Waals surface area contributed by atoms with Gasteiger partial charge in [0.05, 0.1) is 6.10 Å². The van der Waals surface area contributed by atoms with Gasteiger partial charge >= 0.3 is 0 Å². The Bertz CT molecular complexity index is 629. The molecule has 0 aliphatic carbocycles. The van der Waals surface area contributed by atoms with Gasteiger partial charge in [-0.3, -0.25) is 0 Å². The fourth-order valence-electron chi connectivity index (χ4n) is 2.49. The molecular weight excluding hydrogens is 272 g/mol. The van der Waals surface area contributed by atoms with Gasteiger partial charge in [0.2, 0.25) is 6.29 Å². The van der Waals surface area contributed by atoms with Gasteiger partial charge in [-0.15, -0.1) is 0 Å². The lowest BCUT2D eigenvalue weighted by Gasteiger charge is -2.38. The summed E-state index contributed by atoms with van der Waals surface area (Å²) >= 11 is 0. The van der Waals surface area contributed by atoms with Crippen molar-refractivity contribution in [2.45, 2.75) is 37.6 Å². The first-order chi connectivity index (χ1) is 10.1. The van der Waals surface area contributed by atoms with E-state index < -0.39 is 30.7 Å². The fourth-order valence-corrected chi connectivity index (χ4v) is 2.49. The number of fused-ring (bicyclic) bond motifs is 1. The minimum atomic E-state index is -1.30. The highest BCUT2D eigenvalue weighted by atomic mass is 16.7. The van der Waals surface area contributed by atoms with Crippen molar-refractivity contribution in [3.05, 3.63) is 42.5 Å². The summed E-state index contributed by atoms with van der Waals surface area (Å²) in [7, 11) is 0. The average Bonchev–Trinajstić information content (AvgIpc) is 2.50. The predicted octanol–water partition coefficient (Wildman–Crippen LogP) is 1.05. The van der Waals surface area contributed by atoms with Crippen LogP contribution >= 0.6 is 0 Å². The van der Waals surface area contributed by atoms with Crippen LogP contribution in [0.3, 0.4) is 0 Å². The molecule has 3 N–H and O–H groups in total. The lowest BCUT2D eigenvalue weighted by Crippen LogP contribution is -2.58. The van der Waals surface area contributed by atoms with Crippen molar-refractivity contribution in [1.82, 2.24) is 0 Å². The Morgan fingerprint density at radius 1 is 0.905 bits per heavy atom. The molecule has 21 heavy (non-hydrogen) atoms. The van der Waals surface area contributed by atoms with Crippen molar-refractivity contribution in [2.24, 2.45) is 0 Å². The number of hydrogen-bond donors (Lipinski definition) is 3. The molecule has 0 saturated carbocycles. The Balaban J connectivity index is 1.81. The Kier molecular flexibility index (Phi) is 3.82. The van der Waals surface area contributed by atoms with Crippen LogP contribution in [0.1, 0.15) is 6.92 Å². The Morgan fingerprint density at radius 3 is 2.38 bits per heavy atom. The smallest absolute Gasteiger partial charge is 0.229 e. The lowest BCUT2D eigenvalue weighted by atomic mass is 10.00. The van der Waals surface area contributed by atoms with Crippen LogP contribution in [-0.2, 0) is 4.74 Å². The first kappa shape index (κ1) is 14.3. The van der Waals surface area contributed by atoms with Gasteiger partial charge in [-0.25, -0.2) is 0 Å². The van der Waals surface area contributed by atoms with Crippen molar-refractivity contribution in [3.63, 3.8) is 0 Å². The Hall–Kier alpha value is -1.66. The topological polar surface area (TPSA) is 79.2 Å². The van der Waals surface area contributed by atoms with E-state index in [0.717, 1.165) is 10.8 Å². The van der Waals surface area contributed by atoms with Crippen LogP contribution in [0.5, 0.6) is 5.75 Å². The summed E-state index contributed by atoms with van der Waals surface area (Å²) < 4.78 is 11.0. The molecule has 1 heterocycles. The van der Waals surface area contributed by atoms with Gasteiger partial charge in [0.1, 0.15) is 24.1 Å². The molecule has 5 atom stereocenters. The highest BCUT2D eigenvalue weighted by molar-refractivity contribution is 5.83. The zero-order valence-electron chi connectivity index (χ0n) is 11.6. The van der Waals surface area contributed by atoms with Crippen LogP contribution in [-0.4, -0.2) is 46.0 Å². The van der Waals surface area contributed by atoms with Gasteiger partial charge in [-0.05, 0) is 29.8 Å². The molecule has 0 spiro atoms. The maximum Gasteiger partial charge on any atom is 0.229 e. The fraction of sp³-hybridized carbons (Fsp3) is 0.375. The van der Waals surface area contributed by atoms with E-state index in [1.165, 1.54) is 0 Å². The summed E-state index contributed by atoms with van der Waals surface area (Å²) in [5, 5.41) is 31.5. The van der Waals surface area contributed by atoms with Crippen molar-refractivity contribution in [2.75, 3.05) is 0 Å². The second-order valence-electron chi connectivity index (χ2n) is 5.31. The van der Waals surface area contributed by atoms with Crippen LogP contribution < -0.4 is 4.74 Å². The molecule has 1 aliphatic heterocycles.